The van der Waals surface area contributed by atoms with Gasteiger partial charge in [0.15, 0.2) is 0 Å². The van der Waals surface area contributed by atoms with Gasteiger partial charge in [-0.2, -0.15) is 0 Å². The van der Waals surface area contributed by atoms with Gasteiger partial charge in [0.1, 0.15) is 5.82 Å². The van der Waals surface area contributed by atoms with Gasteiger partial charge < -0.3 is 11.1 Å². The van der Waals surface area contributed by atoms with E-state index in [0.717, 1.165) is 25.2 Å². The molecule has 0 aliphatic heterocycles. The fraction of sp³-hybridized carbons (Fsp3) is 0.583. The summed E-state index contributed by atoms with van der Waals surface area (Å²) in [5.41, 5.74) is 7.24. The van der Waals surface area contributed by atoms with Crippen LogP contribution in [0.25, 0.3) is 0 Å². The second-order valence-electron chi connectivity index (χ2n) is 4.14. The molecular weight excluding hydrogens is 186 g/mol. The minimum Gasteiger partial charge on any atom is -0.368 e. The van der Waals surface area contributed by atoms with E-state index in [0.29, 0.717) is 0 Å². The number of anilines is 1. The first kappa shape index (κ1) is 12.0. The average molecular weight is 207 g/mol. The lowest BCUT2D eigenvalue weighted by Crippen LogP contribution is -2.45. The van der Waals surface area contributed by atoms with Gasteiger partial charge in [0.25, 0.3) is 0 Å². The summed E-state index contributed by atoms with van der Waals surface area (Å²) in [6, 6.07) is 4.03. The fourth-order valence-electron chi connectivity index (χ4n) is 1.34. The van der Waals surface area contributed by atoms with E-state index in [2.05, 4.69) is 24.1 Å². The van der Waals surface area contributed by atoms with E-state index in [4.69, 9.17) is 5.73 Å². The summed E-state index contributed by atoms with van der Waals surface area (Å²) in [6.45, 7) is 7.04. The number of rotatable bonds is 5. The van der Waals surface area contributed by atoms with Gasteiger partial charge in [-0.3, -0.25) is 0 Å². The summed E-state index contributed by atoms with van der Waals surface area (Å²) >= 11 is 0. The molecule has 1 heterocycles. The van der Waals surface area contributed by atoms with Gasteiger partial charge in [-0.15, -0.1) is 0 Å². The number of hydrogen-bond acceptors (Lipinski definition) is 3. The van der Waals surface area contributed by atoms with Crippen molar-refractivity contribution in [1.82, 2.24) is 4.98 Å². The molecule has 0 aliphatic carbocycles. The standard InChI is InChI=1S/C12H21N3/c1-4-12(13,5-2)9-15-11-7-6-10(3)8-14-11/h6-8H,4-5,9,13H2,1-3H3,(H,14,15). The first-order valence-corrected chi connectivity index (χ1v) is 5.55. The van der Waals surface area contributed by atoms with Crippen LogP contribution in [-0.4, -0.2) is 17.1 Å². The Balaban J connectivity index is 2.53. The molecule has 3 heteroatoms. The minimum atomic E-state index is -0.118. The molecule has 0 aliphatic rings. The highest BCUT2D eigenvalue weighted by Crippen LogP contribution is 2.12. The van der Waals surface area contributed by atoms with E-state index in [1.54, 1.807) is 0 Å². The lowest BCUT2D eigenvalue weighted by atomic mass is 9.94. The topological polar surface area (TPSA) is 50.9 Å². The summed E-state index contributed by atoms with van der Waals surface area (Å²) in [5.74, 6) is 0.900. The van der Waals surface area contributed by atoms with E-state index in [1.807, 2.05) is 25.3 Å². The van der Waals surface area contributed by atoms with Crippen LogP contribution in [0.5, 0.6) is 0 Å². The molecule has 1 rings (SSSR count). The van der Waals surface area contributed by atoms with Crippen LogP contribution < -0.4 is 11.1 Å². The third-order valence-corrected chi connectivity index (χ3v) is 2.94. The first-order chi connectivity index (χ1) is 7.09. The van der Waals surface area contributed by atoms with Crippen molar-refractivity contribution in [3.05, 3.63) is 23.9 Å². The number of aromatic nitrogens is 1. The normalized spacial score (nSPS) is 11.5. The zero-order valence-corrected chi connectivity index (χ0v) is 9.88. The van der Waals surface area contributed by atoms with E-state index in [9.17, 15) is 0 Å². The molecule has 0 saturated heterocycles. The Morgan fingerprint density at radius 1 is 1.33 bits per heavy atom. The SMILES string of the molecule is CCC(N)(CC)CNc1ccc(C)cn1. The number of nitrogens with two attached hydrogens (primary N) is 1. The Morgan fingerprint density at radius 3 is 2.47 bits per heavy atom. The zero-order chi connectivity index (χ0) is 11.3. The molecule has 1 aromatic heterocycles. The Hall–Kier alpha value is -1.09. The largest absolute Gasteiger partial charge is 0.368 e. The third-order valence-electron chi connectivity index (χ3n) is 2.94. The number of nitrogens with one attached hydrogen (secondary N) is 1. The van der Waals surface area contributed by atoms with Crippen LogP contribution >= 0.6 is 0 Å². The maximum atomic E-state index is 6.18. The Labute approximate surface area is 92.1 Å². The summed E-state index contributed by atoms with van der Waals surface area (Å²) in [6.07, 6.45) is 3.81. The highest BCUT2D eigenvalue weighted by atomic mass is 15.0. The second kappa shape index (κ2) is 5.12. The fourth-order valence-corrected chi connectivity index (χ4v) is 1.34. The molecule has 0 fully saturated rings. The van der Waals surface area contributed by atoms with E-state index < -0.39 is 0 Å². The Morgan fingerprint density at radius 2 is 2.00 bits per heavy atom. The molecule has 84 valence electrons. The van der Waals surface area contributed by atoms with Crippen LogP contribution in [0.1, 0.15) is 32.3 Å². The van der Waals surface area contributed by atoms with Gasteiger partial charge in [0.2, 0.25) is 0 Å². The lowest BCUT2D eigenvalue weighted by Gasteiger charge is -2.27. The molecular formula is C12H21N3. The van der Waals surface area contributed by atoms with Crippen LogP contribution in [-0.2, 0) is 0 Å². The van der Waals surface area contributed by atoms with Crippen molar-refractivity contribution in [3.63, 3.8) is 0 Å². The van der Waals surface area contributed by atoms with E-state index >= 15 is 0 Å². The number of nitrogens with zero attached hydrogens (tertiary/aromatic N) is 1. The van der Waals surface area contributed by atoms with Crippen molar-refractivity contribution in [2.45, 2.75) is 39.2 Å². The van der Waals surface area contributed by atoms with E-state index in [-0.39, 0.29) is 5.54 Å². The Kier molecular flexibility index (Phi) is 4.09. The minimum absolute atomic E-state index is 0.118. The van der Waals surface area contributed by atoms with Crippen LogP contribution in [0.4, 0.5) is 5.82 Å². The van der Waals surface area contributed by atoms with Crippen LogP contribution in [0, 0.1) is 6.92 Å². The summed E-state index contributed by atoms with van der Waals surface area (Å²) in [4.78, 5) is 4.28. The average Bonchev–Trinajstić information content (AvgIpc) is 2.28. The second-order valence-corrected chi connectivity index (χ2v) is 4.14. The monoisotopic (exact) mass is 207 g/mol. The van der Waals surface area contributed by atoms with Gasteiger partial charge in [-0.1, -0.05) is 19.9 Å². The molecule has 0 saturated carbocycles. The van der Waals surface area contributed by atoms with Gasteiger partial charge in [0.05, 0.1) is 0 Å². The Bertz CT molecular complexity index is 288. The predicted molar refractivity (Wildman–Crippen MR) is 65.0 cm³/mol. The molecule has 0 aromatic carbocycles. The third kappa shape index (κ3) is 3.51. The molecule has 0 amide bonds. The van der Waals surface area contributed by atoms with E-state index in [1.165, 1.54) is 5.56 Å². The molecule has 0 spiro atoms. The predicted octanol–water partition coefficient (Wildman–Crippen LogP) is 2.32. The van der Waals surface area contributed by atoms with Gasteiger partial charge in [-0.25, -0.2) is 4.98 Å². The van der Waals surface area contributed by atoms with Crippen molar-refractivity contribution < 1.29 is 0 Å². The molecule has 0 atom stereocenters. The van der Waals surface area contributed by atoms with Crippen LogP contribution in [0.15, 0.2) is 18.3 Å². The number of aryl methyl sites for hydroxylation is 1. The number of hydrogen-bond donors (Lipinski definition) is 2. The quantitative estimate of drug-likeness (QED) is 0.779. The molecule has 1 aromatic rings. The molecule has 0 bridgehead atoms. The van der Waals surface area contributed by atoms with Crippen LogP contribution in [0.2, 0.25) is 0 Å². The van der Waals surface area contributed by atoms with Crippen molar-refractivity contribution >= 4 is 5.82 Å². The van der Waals surface area contributed by atoms with Gasteiger partial charge in [0, 0.05) is 18.3 Å². The van der Waals surface area contributed by atoms with Crippen molar-refractivity contribution in [1.29, 1.82) is 0 Å². The van der Waals surface area contributed by atoms with Gasteiger partial charge in [-0.05, 0) is 31.4 Å². The van der Waals surface area contributed by atoms with Crippen molar-refractivity contribution in [2.24, 2.45) is 5.73 Å². The zero-order valence-electron chi connectivity index (χ0n) is 9.88. The maximum absolute atomic E-state index is 6.18. The highest BCUT2D eigenvalue weighted by molar-refractivity contribution is 5.35. The highest BCUT2D eigenvalue weighted by Gasteiger charge is 2.19. The summed E-state index contributed by atoms with van der Waals surface area (Å²) in [7, 11) is 0. The van der Waals surface area contributed by atoms with Crippen molar-refractivity contribution in [3.8, 4) is 0 Å². The maximum Gasteiger partial charge on any atom is 0.125 e. The van der Waals surface area contributed by atoms with Crippen LogP contribution in [0.3, 0.4) is 0 Å². The lowest BCUT2D eigenvalue weighted by molar-refractivity contribution is 0.418. The molecule has 15 heavy (non-hydrogen) atoms. The molecule has 3 N–H and O–H groups in total. The molecule has 0 unspecified atom stereocenters. The first-order valence-electron chi connectivity index (χ1n) is 5.55. The van der Waals surface area contributed by atoms with Gasteiger partial charge >= 0.3 is 0 Å². The van der Waals surface area contributed by atoms with Crippen molar-refractivity contribution in [2.75, 3.05) is 11.9 Å². The summed E-state index contributed by atoms with van der Waals surface area (Å²) < 4.78 is 0. The molecule has 0 radical (unpaired) electrons. The smallest absolute Gasteiger partial charge is 0.125 e. The summed E-state index contributed by atoms with van der Waals surface area (Å²) in [5, 5.41) is 3.28. The number of pyridine rings is 1. The molecule has 3 nitrogen and oxygen atoms in total.